The number of nitrogens with zero attached hydrogens (tertiary/aromatic N) is 5. The standard InChI is InChI=1S/C11H9N5S/c1-7-5-8(2)15-11(14-7)17-10-13-4-3-9(6-12)16-10/h3-5H,1-2H3. The van der Waals surface area contributed by atoms with Crippen molar-refractivity contribution in [1.82, 2.24) is 19.9 Å². The highest BCUT2D eigenvalue weighted by Gasteiger charge is 2.05. The fourth-order valence-corrected chi connectivity index (χ4v) is 2.07. The summed E-state index contributed by atoms with van der Waals surface area (Å²) in [5.74, 6) is 0. The second-order valence-corrected chi connectivity index (χ2v) is 4.31. The van der Waals surface area contributed by atoms with E-state index < -0.39 is 0 Å². The number of aryl methyl sites for hydroxylation is 2. The molecule has 0 fully saturated rings. The molecule has 5 nitrogen and oxygen atoms in total. The molecule has 0 amide bonds. The average molecular weight is 243 g/mol. The lowest BCUT2D eigenvalue weighted by molar-refractivity contribution is 0.884. The summed E-state index contributed by atoms with van der Waals surface area (Å²) in [5.41, 5.74) is 2.14. The predicted molar refractivity (Wildman–Crippen MR) is 62.4 cm³/mol. The minimum Gasteiger partial charge on any atom is -0.231 e. The van der Waals surface area contributed by atoms with E-state index in [-0.39, 0.29) is 0 Å². The SMILES string of the molecule is Cc1cc(C)nc(Sc2nccc(C#N)n2)n1. The van der Waals surface area contributed by atoms with Gasteiger partial charge < -0.3 is 0 Å². The molecule has 84 valence electrons. The molecule has 2 aromatic heterocycles. The fourth-order valence-electron chi connectivity index (χ4n) is 1.27. The van der Waals surface area contributed by atoms with Gasteiger partial charge in [0, 0.05) is 17.6 Å². The van der Waals surface area contributed by atoms with Crippen molar-refractivity contribution in [3.8, 4) is 6.07 Å². The molecular weight excluding hydrogens is 234 g/mol. The lowest BCUT2D eigenvalue weighted by Gasteiger charge is -2.01. The van der Waals surface area contributed by atoms with Gasteiger partial charge in [-0.05, 0) is 37.7 Å². The summed E-state index contributed by atoms with van der Waals surface area (Å²) in [6, 6.07) is 5.43. The summed E-state index contributed by atoms with van der Waals surface area (Å²) < 4.78 is 0. The summed E-state index contributed by atoms with van der Waals surface area (Å²) in [5, 5.41) is 9.81. The average Bonchev–Trinajstić information content (AvgIpc) is 2.28. The Morgan fingerprint density at radius 3 is 2.47 bits per heavy atom. The third-order valence-electron chi connectivity index (χ3n) is 1.89. The summed E-state index contributed by atoms with van der Waals surface area (Å²) in [4.78, 5) is 16.7. The number of aromatic nitrogens is 4. The van der Waals surface area contributed by atoms with Crippen molar-refractivity contribution in [2.45, 2.75) is 24.2 Å². The van der Waals surface area contributed by atoms with Crippen LogP contribution in [0.4, 0.5) is 0 Å². The van der Waals surface area contributed by atoms with Gasteiger partial charge in [0.1, 0.15) is 11.8 Å². The van der Waals surface area contributed by atoms with Crippen LogP contribution in [0.15, 0.2) is 28.6 Å². The highest BCUT2D eigenvalue weighted by atomic mass is 32.2. The predicted octanol–water partition coefficient (Wildman–Crippen LogP) is 1.91. The first-order chi connectivity index (χ1) is 8.17. The van der Waals surface area contributed by atoms with Crippen LogP contribution >= 0.6 is 11.8 Å². The Bertz CT molecular complexity index is 570. The Hall–Kier alpha value is -2.00. The van der Waals surface area contributed by atoms with Crippen molar-refractivity contribution < 1.29 is 0 Å². The van der Waals surface area contributed by atoms with Gasteiger partial charge in [-0.15, -0.1) is 0 Å². The first-order valence-electron chi connectivity index (χ1n) is 4.90. The van der Waals surface area contributed by atoms with E-state index in [1.165, 1.54) is 11.8 Å². The van der Waals surface area contributed by atoms with Crippen molar-refractivity contribution in [2.24, 2.45) is 0 Å². The third kappa shape index (κ3) is 2.98. The second-order valence-electron chi connectivity index (χ2n) is 3.37. The van der Waals surface area contributed by atoms with Crippen LogP contribution in [-0.4, -0.2) is 19.9 Å². The van der Waals surface area contributed by atoms with Crippen molar-refractivity contribution in [3.05, 3.63) is 35.4 Å². The Labute approximate surface area is 103 Å². The van der Waals surface area contributed by atoms with E-state index in [4.69, 9.17) is 5.26 Å². The minimum absolute atomic E-state index is 0.340. The zero-order valence-corrected chi connectivity index (χ0v) is 10.2. The Kier molecular flexibility index (Phi) is 3.30. The van der Waals surface area contributed by atoms with E-state index in [2.05, 4.69) is 19.9 Å². The normalized spacial score (nSPS) is 9.94. The molecule has 0 unspecified atom stereocenters. The maximum atomic E-state index is 8.74. The smallest absolute Gasteiger partial charge is 0.196 e. The number of hydrogen-bond donors (Lipinski definition) is 0. The van der Waals surface area contributed by atoms with Gasteiger partial charge >= 0.3 is 0 Å². The number of hydrogen-bond acceptors (Lipinski definition) is 6. The zero-order chi connectivity index (χ0) is 12.3. The van der Waals surface area contributed by atoms with Crippen molar-refractivity contribution in [2.75, 3.05) is 0 Å². The van der Waals surface area contributed by atoms with Gasteiger partial charge in [0.2, 0.25) is 0 Å². The largest absolute Gasteiger partial charge is 0.231 e. The summed E-state index contributed by atoms with van der Waals surface area (Å²) in [6.45, 7) is 3.82. The molecule has 0 saturated heterocycles. The van der Waals surface area contributed by atoms with Crippen LogP contribution in [0.3, 0.4) is 0 Å². The molecule has 0 aliphatic carbocycles. The lowest BCUT2D eigenvalue weighted by atomic mass is 10.4. The molecule has 0 spiro atoms. The number of rotatable bonds is 2. The van der Waals surface area contributed by atoms with Crippen molar-refractivity contribution in [1.29, 1.82) is 5.26 Å². The molecule has 17 heavy (non-hydrogen) atoms. The molecule has 0 aliphatic rings. The number of nitriles is 1. The molecule has 2 heterocycles. The first kappa shape index (κ1) is 11.5. The molecule has 0 radical (unpaired) electrons. The van der Waals surface area contributed by atoms with Gasteiger partial charge in [0.05, 0.1) is 0 Å². The molecule has 2 rings (SSSR count). The Morgan fingerprint density at radius 1 is 1.12 bits per heavy atom. The van der Waals surface area contributed by atoms with E-state index in [9.17, 15) is 0 Å². The summed E-state index contributed by atoms with van der Waals surface area (Å²) >= 11 is 1.25. The van der Waals surface area contributed by atoms with Crippen LogP contribution in [-0.2, 0) is 0 Å². The molecule has 0 atom stereocenters. The maximum absolute atomic E-state index is 8.74. The summed E-state index contributed by atoms with van der Waals surface area (Å²) in [7, 11) is 0. The van der Waals surface area contributed by atoms with Crippen LogP contribution in [0.25, 0.3) is 0 Å². The lowest BCUT2D eigenvalue weighted by Crippen LogP contribution is -1.95. The molecule has 6 heteroatoms. The van der Waals surface area contributed by atoms with Gasteiger partial charge in [-0.2, -0.15) is 5.26 Å². The van der Waals surface area contributed by atoms with E-state index in [1.54, 1.807) is 12.3 Å². The van der Waals surface area contributed by atoms with Gasteiger partial charge in [-0.3, -0.25) is 0 Å². The maximum Gasteiger partial charge on any atom is 0.196 e. The van der Waals surface area contributed by atoms with Crippen molar-refractivity contribution >= 4 is 11.8 Å². The van der Waals surface area contributed by atoms with Crippen LogP contribution in [0, 0.1) is 25.2 Å². The molecule has 0 N–H and O–H groups in total. The highest BCUT2D eigenvalue weighted by molar-refractivity contribution is 7.99. The third-order valence-corrected chi connectivity index (χ3v) is 2.64. The molecule has 0 bridgehead atoms. The van der Waals surface area contributed by atoms with Gasteiger partial charge in [-0.1, -0.05) is 0 Å². The monoisotopic (exact) mass is 243 g/mol. The molecule has 2 aromatic rings. The van der Waals surface area contributed by atoms with Crippen LogP contribution in [0.2, 0.25) is 0 Å². The van der Waals surface area contributed by atoms with E-state index in [1.807, 2.05) is 26.0 Å². The van der Waals surface area contributed by atoms with Gasteiger partial charge in [0.15, 0.2) is 10.3 Å². The molecule has 0 aliphatic heterocycles. The summed E-state index contributed by atoms with van der Waals surface area (Å²) in [6.07, 6.45) is 1.55. The van der Waals surface area contributed by atoms with E-state index >= 15 is 0 Å². The first-order valence-corrected chi connectivity index (χ1v) is 5.72. The fraction of sp³-hybridized carbons (Fsp3) is 0.182. The zero-order valence-electron chi connectivity index (χ0n) is 9.38. The van der Waals surface area contributed by atoms with Crippen LogP contribution < -0.4 is 0 Å². The van der Waals surface area contributed by atoms with Crippen molar-refractivity contribution in [3.63, 3.8) is 0 Å². The molecule has 0 saturated carbocycles. The molecular formula is C11H9N5S. The second kappa shape index (κ2) is 4.89. The Morgan fingerprint density at radius 2 is 1.82 bits per heavy atom. The van der Waals surface area contributed by atoms with Gasteiger partial charge in [0.25, 0.3) is 0 Å². The topological polar surface area (TPSA) is 75.3 Å². The molecule has 0 aromatic carbocycles. The minimum atomic E-state index is 0.340. The quantitative estimate of drug-likeness (QED) is 0.750. The van der Waals surface area contributed by atoms with Crippen LogP contribution in [0.5, 0.6) is 0 Å². The highest BCUT2D eigenvalue weighted by Crippen LogP contribution is 2.20. The Balaban J connectivity index is 2.28. The van der Waals surface area contributed by atoms with Gasteiger partial charge in [-0.25, -0.2) is 19.9 Å². The van der Waals surface area contributed by atoms with Crippen LogP contribution in [0.1, 0.15) is 17.1 Å². The van der Waals surface area contributed by atoms with E-state index in [0.29, 0.717) is 16.0 Å². The van der Waals surface area contributed by atoms with E-state index in [0.717, 1.165) is 11.4 Å².